The van der Waals surface area contributed by atoms with E-state index in [1.54, 1.807) is 18.3 Å². The Morgan fingerprint density at radius 2 is 2.15 bits per heavy atom. The Hall–Kier alpha value is -1.33. The highest BCUT2D eigenvalue weighted by molar-refractivity contribution is 5.61. The number of nitrogens with one attached hydrogen (secondary N) is 1. The first-order valence-electron chi connectivity index (χ1n) is 3.96. The van der Waals surface area contributed by atoms with Gasteiger partial charge in [0.25, 0.3) is 0 Å². The molecule has 0 radical (unpaired) electrons. The second-order valence-electron chi connectivity index (χ2n) is 2.64. The van der Waals surface area contributed by atoms with Crippen molar-refractivity contribution < 1.29 is 10.2 Å². The summed E-state index contributed by atoms with van der Waals surface area (Å²) in [7, 11) is 0. The van der Waals surface area contributed by atoms with E-state index in [1.807, 2.05) is 0 Å². The van der Waals surface area contributed by atoms with E-state index in [1.165, 1.54) is 0 Å². The molecular formula is C8H13N3O2. The molecule has 0 aromatic carbocycles. The fourth-order valence-corrected chi connectivity index (χ4v) is 0.909. The van der Waals surface area contributed by atoms with Gasteiger partial charge in [0.15, 0.2) is 0 Å². The molecule has 0 unspecified atom stereocenters. The number of anilines is 2. The lowest BCUT2D eigenvalue weighted by atomic mass is 10.3. The van der Waals surface area contributed by atoms with E-state index in [0.717, 1.165) is 0 Å². The lowest BCUT2D eigenvalue weighted by Gasteiger charge is -2.15. The minimum atomic E-state index is -0.397. The zero-order valence-corrected chi connectivity index (χ0v) is 7.14. The van der Waals surface area contributed by atoms with Crippen LogP contribution in [0.25, 0.3) is 0 Å². The number of aromatic nitrogens is 1. The summed E-state index contributed by atoms with van der Waals surface area (Å²) >= 11 is 0. The summed E-state index contributed by atoms with van der Waals surface area (Å²) in [5.41, 5.74) is 6.16. The third kappa shape index (κ3) is 2.57. The number of nitrogens with zero attached hydrogens (tertiary/aromatic N) is 1. The Morgan fingerprint density at radius 1 is 1.46 bits per heavy atom. The van der Waals surface area contributed by atoms with Crippen molar-refractivity contribution in [2.75, 3.05) is 24.3 Å². The third-order valence-corrected chi connectivity index (χ3v) is 1.64. The van der Waals surface area contributed by atoms with E-state index < -0.39 is 6.04 Å². The molecule has 0 aliphatic heterocycles. The fraction of sp³-hybridized carbons (Fsp3) is 0.375. The van der Waals surface area contributed by atoms with Gasteiger partial charge in [0.1, 0.15) is 5.82 Å². The van der Waals surface area contributed by atoms with Gasteiger partial charge in [-0.3, -0.25) is 0 Å². The molecule has 0 aliphatic rings. The van der Waals surface area contributed by atoms with Gasteiger partial charge in [-0.05, 0) is 12.1 Å². The summed E-state index contributed by atoms with van der Waals surface area (Å²) in [5.74, 6) is 0.356. The number of nitrogen functional groups attached to an aromatic ring is 1. The van der Waals surface area contributed by atoms with Gasteiger partial charge in [-0.25, -0.2) is 4.98 Å². The van der Waals surface area contributed by atoms with Crippen molar-refractivity contribution in [2.45, 2.75) is 6.04 Å². The molecule has 1 heterocycles. The number of aliphatic hydroxyl groups excluding tert-OH is 2. The second-order valence-corrected chi connectivity index (χ2v) is 2.64. The molecule has 0 saturated carbocycles. The molecule has 1 rings (SSSR count). The van der Waals surface area contributed by atoms with Crippen molar-refractivity contribution in [3.63, 3.8) is 0 Å². The monoisotopic (exact) mass is 183 g/mol. The molecule has 0 atom stereocenters. The van der Waals surface area contributed by atoms with Crippen molar-refractivity contribution >= 4 is 11.5 Å². The van der Waals surface area contributed by atoms with Gasteiger partial charge in [-0.15, -0.1) is 0 Å². The van der Waals surface area contributed by atoms with E-state index in [4.69, 9.17) is 15.9 Å². The second kappa shape index (κ2) is 4.64. The molecule has 0 fully saturated rings. The van der Waals surface area contributed by atoms with E-state index in [9.17, 15) is 0 Å². The zero-order valence-electron chi connectivity index (χ0n) is 7.14. The summed E-state index contributed by atoms with van der Waals surface area (Å²) in [5, 5.41) is 20.4. The minimum absolute atomic E-state index is 0.148. The maximum absolute atomic E-state index is 8.79. The molecule has 0 aliphatic carbocycles. The first-order chi connectivity index (χ1) is 6.27. The summed E-state index contributed by atoms with van der Waals surface area (Å²) in [4.78, 5) is 3.85. The quantitative estimate of drug-likeness (QED) is 0.501. The first-order valence-corrected chi connectivity index (χ1v) is 3.96. The SMILES string of the molecule is Nc1ncccc1NC(CO)CO. The Morgan fingerprint density at radius 3 is 2.69 bits per heavy atom. The standard InChI is InChI=1S/C8H13N3O2/c9-8-7(2-1-3-10-8)11-6(4-12)5-13/h1-3,6,11-13H,4-5H2,(H2,9,10). The third-order valence-electron chi connectivity index (χ3n) is 1.64. The predicted molar refractivity (Wildman–Crippen MR) is 50.2 cm³/mol. The molecule has 13 heavy (non-hydrogen) atoms. The maximum Gasteiger partial charge on any atom is 0.146 e. The molecule has 1 aromatic rings. The highest BCUT2D eigenvalue weighted by Crippen LogP contribution is 2.14. The average Bonchev–Trinajstić information content (AvgIpc) is 2.17. The van der Waals surface area contributed by atoms with Crippen molar-refractivity contribution in [3.8, 4) is 0 Å². The summed E-state index contributed by atoms with van der Waals surface area (Å²) in [6, 6.07) is 3.07. The lowest BCUT2D eigenvalue weighted by molar-refractivity contribution is 0.204. The van der Waals surface area contributed by atoms with Crippen LogP contribution in [0.3, 0.4) is 0 Å². The molecule has 1 aromatic heterocycles. The van der Waals surface area contributed by atoms with Gasteiger partial charge in [0.2, 0.25) is 0 Å². The molecule has 5 nitrogen and oxygen atoms in total. The maximum atomic E-state index is 8.79. The number of pyridine rings is 1. The van der Waals surface area contributed by atoms with E-state index in [-0.39, 0.29) is 13.2 Å². The summed E-state index contributed by atoms with van der Waals surface area (Å²) < 4.78 is 0. The molecular weight excluding hydrogens is 170 g/mol. The molecule has 5 N–H and O–H groups in total. The Kier molecular flexibility index (Phi) is 3.48. The van der Waals surface area contributed by atoms with Crippen LogP contribution in [0, 0.1) is 0 Å². The van der Waals surface area contributed by atoms with E-state index in [0.29, 0.717) is 11.5 Å². The van der Waals surface area contributed by atoms with Crippen LogP contribution in [-0.4, -0.2) is 34.5 Å². The van der Waals surface area contributed by atoms with Gasteiger partial charge in [0, 0.05) is 6.20 Å². The average molecular weight is 183 g/mol. The van der Waals surface area contributed by atoms with Crippen LogP contribution in [0.5, 0.6) is 0 Å². The van der Waals surface area contributed by atoms with Crippen molar-refractivity contribution in [1.82, 2.24) is 4.98 Å². The summed E-state index contributed by atoms with van der Waals surface area (Å²) in [6.07, 6.45) is 1.58. The molecule has 0 bridgehead atoms. The van der Waals surface area contributed by atoms with Crippen LogP contribution in [0.1, 0.15) is 0 Å². The normalized spacial score (nSPS) is 10.4. The van der Waals surface area contributed by atoms with Gasteiger partial charge in [-0.2, -0.15) is 0 Å². The Balaban J connectivity index is 2.67. The number of hydrogen-bond acceptors (Lipinski definition) is 5. The van der Waals surface area contributed by atoms with Crippen LogP contribution in [-0.2, 0) is 0 Å². The smallest absolute Gasteiger partial charge is 0.146 e. The highest BCUT2D eigenvalue weighted by Gasteiger charge is 2.06. The van der Waals surface area contributed by atoms with Crippen LogP contribution in [0.4, 0.5) is 11.5 Å². The molecule has 0 spiro atoms. The first kappa shape index (κ1) is 9.76. The van der Waals surface area contributed by atoms with Crippen LogP contribution < -0.4 is 11.1 Å². The Labute approximate surface area is 76.2 Å². The zero-order chi connectivity index (χ0) is 9.68. The van der Waals surface area contributed by atoms with Gasteiger partial charge >= 0.3 is 0 Å². The van der Waals surface area contributed by atoms with Gasteiger partial charge in [0.05, 0.1) is 24.9 Å². The highest BCUT2D eigenvalue weighted by atomic mass is 16.3. The fourth-order valence-electron chi connectivity index (χ4n) is 0.909. The van der Waals surface area contributed by atoms with E-state index >= 15 is 0 Å². The molecule has 5 heteroatoms. The topological polar surface area (TPSA) is 91.4 Å². The van der Waals surface area contributed by atoms with Crippen molar-refractivity contribution in [3.05, 3.63) is 18.3 Å². The number of aliphatic hydroxyl groups is 2. The number of hydrogen-bond donors (Lipinski definition) is 4. The van der Waals surface area contributed by atoms with E-state index in [2.05, 4.69) is 10.3 Å². The van der Waals surface area contributed by atoms with Gasteiger partial charge in [-0.1, -0.05) is 0 Å². The Bertz CT molecular complexity index is 263. The minimum Gasteiger partial charge on any atom is -0.394 e. The van der Waals surface area contributed by atoms with Crippen LogP contribution in [0.15, 0.2) is 18.3 Å². The molecule has 0 saturated heterocycles. The number of nitrogens with two attached hydrogens (primary N) is 1. The number of rotatable bonds is 4. The van der Waals surface area contributed by atoms with Crippen LogP contribution in [0.2, 0.25) is 0 Å². The summed E-state index contributed by atoms with van der Waals surface area (Å²) in [6.45, 7) is -0.296. The van der Waals surface area contributed by atoms with Crippen molar-refractivity contribution in [2.24, 2.45) is 0 Å². The molecule has 0 amide bonds. The lowest BCUT2D eigenvalue weighted by Crippen LogP contribution is -2.28. The van der Waals surface area contributed by atoms with Crippen LogP contribution >= 0.6 is 0 Å². The largest absolute Gasteiger partial charge is 0.394 e. The van der Waals surface area contributed by atoms with Gasteiger partial charge < -0.3 is 21.3 Å². The predicted octanol–water partition coefficient (Wildman–Crippen LogP) is -0.571. The molecule has 72 valence electrons. The van der Waals surface area contributed by atoms with Crippen molar-refractivity contribution in [1.29, 1.82) is 0 Å².